The Morgan fingerprint density at radius 2 is 2.00 bits per heavy atom. The molecule has 9 heteroatoms. The van der Waals surface area contributed by atoms with Gasteiger partial charge in [-0.3, -0.25) is 14.1 Å². The standard InChI is InChI=1S/C12H15N3O5S/c13-6-9-4-2-1-3-8(9)5-11(16)14-10-7-15(12(10)17)21(18,19)20/h1-4,10H,5-7,13H2,(H,14,16)(H,18,19,20). The second-order valence-corrected chi connectivity index (χ2v) is 5.95. The van der Waals surface area contributed by atoms with Crippen molar-refractivity contribution in [1.29, 1.82) is 0 Å². The van der Waals surface area contributed by atoms with E-state index in [1.165, 1.54) is 0 Å². The van der Waals surface area contributed by atoms with Crippen LogP contribution in [0.15, 0.2) is 24.3 Å². The zero-order valence-electron chi connectivity index (χ0n) is 11.0. The number of hydrogen-bond donors (Lipinski definition) is 3. The fraction of sp³-hybridized carbons (Fsp3) is 0.333. The second-order valence-electron chi connectivity index (χ2n) is 4.62. The molecular formula is C12H15N3O5S. The first-order valence-electron chi connectivity index (χ1n) is 6.18. The van der Waals surface area contributed by atoms with Crippen molar-refractivity contribution in [2.75, 3.05) is 6.54 Å². The van der Waals surface area contributed by atoms with Crippen LogP contribution in [0.3, 0.4) is 0 Å². The first-order valence-corrected chi connectivity index (χ1v) is 7.58. The third-order valence-corrected chi connectivity index (χ3v) is 4.08. The molecule has 2 rings (SSSR count). The van der Waals surface area contributed by atoms with Crippen molar-refractivity contribution in [3.63, 3.8) is 0 Å². The molecule has 0 radical (unpaired) electrons. The van der Waals surface area contributed by atoms with Crippen LogP contribution in [0.5, 0.6) is 0 Å². The lowest BCUT2D eigenvalue weighted by Crippen LogP contribution is -2.65. The summed E-state index contributed by atoms with van der Waals surface area (Å²) in [4.78, 5) is 23.3. The summed E-state index contributed by atoms with van der Waals surface area (Å²) in [6, 6.07) is 6.22. The topological polar surface area (TPSA) is 130 Å². The van der Waals surface area contributed by atoms with Crippen LogP contribution in [0.2, 0.25) is 0 Å². The van der Waals surface area contributed by atoms with Crippen molar-refractivity contribution in [1.82, 2.24) is 9.62 Å². The summed E-state index contributed by atoms with van der Waals surface area (Å²) in [5.74, 6) is -1.26. The Morgan fingerprint density at radius 1 is 1.38 bits per heavy atom. The molecule has 1 aromatic carbocycles. The van der Waals surface area contributed by atoms with Gasteiger partial charge in [-0.1, -0.05) is 24.3 Å². The van der Waals surface area contributed by atoms with E-state index in [2.05, 4.69) is 5.32 Å². The smallest absolute Gasteiger partial charge is 0.342 e. The number of nitrogens with zero attached hydrogens (tertiary/aromatic N) is 1. The van der Waals surface area contributed by atoms with Crippen molar-refractivity contribution in [3.8, 4) is 0 Å². The number of hydrogen-bond acceptors (Lipinski definition) is 5. The lowest BCUT2D eigenvalue weighted by atomic mass is 10.0. The van der Waals surface area contributed by atoms with Gasteiger partial charge in [-0.05, 0) is 11.1 Å². The molecule has 2 amide bonds. The predicted octanol–water partition coefficient (Wildman–Crippen LogP) is -1.18. The van der Waals surface area contributed by atoms with Crippen LogP contribution in [0.25, 0.3) is 0 Å². The Bertz CT molecular complexity index is 673. The van der Waals surface area contributed by atoms with Gasteiger partial charge < -0.3 is 11.1 Å². The first-order chi connectivity index (χ1) is 9.82. The Balaban J connectivity index is 1.94. The van der Waals surface area contributed by atoms with E-state index in [1.807, 2.05) is 6.07 Å². The normalized spacial score (nSPS) is 18.3. The number of nitrogens with one attached hydrogen (secondary N) is 1. The monoisotopic (exact) mass is 313 g/mol. The fourth-order valence-electron chi connectivity index (χ4n) is 2.06. The zero-order valence-corrected chi connectivity index (χ0v) is 11.8. The van der Waals surface area contributed by atoms with E-state index >= 15 is 0 Å². The molecule has 21 heavy (non-hydrogen) atoms. The molecular weight excluding hydrogens is 298 g/mol. The third-order valence-electron chi connectivity index (χ3n) is 3.20. The molecule has 1 saturated heterocycles. The minimum atomic E-state index is -4.54. The Morgan fingerprint density at radius 3 is 2.52 bits per heavy atom. The number of β-lactam (4-membered cyclic amide) rings is 1. The molecule has 0 aliphatic carbocycles. The average Bonchev–Trinajstić information content (AvgIpc) is 2.41. The van der Waals surface area contributed by atoms with Crippen LogP contribution < -0.4 is 11.1 Å². The minimum Gasteiger partial charge on any atom is -0.342 e. The Labute approximate surface area is 121 Å². The summed E-state index contributed by atoms with van der Waals surface area (Å²) in [5, 5.41) is 2.42. The van der Waals surface area contributed by atoms with E-state index in [4.69, 9.17) is 10.3 Å². The highest BCUT2D eigenvalue weighted by Gasteiger charge is 2.44. The SMILES string of the molecule is NCc1ccccc1CC(=O)NC1CN(S(=O)(=O)O)C1=O. The maximum atomic E-state index is 11.9. The molecule has 0 spiro atoms. The van der Waals surface area contributed by atoms with Crippen LogP contribution >= 0.6 is 0 Å². The lowest BCUT2D eigenvalue weighted by molar-refractivity contribution is -0.140. The van der Waals surface area contributed by atoms with Gasteiger partial charge in [0, 0.05) is 6.54 Å². The molecule has 1 fully saturated rings. The maximum absolute atomic E-state index is 11.9. The van der Waals surface area contributed by atoms with Gasteiger partial charge in [0.25, 0.3) is 5.91 Å². The average molecular weight is 313 g/mol. The number of nitrogens with two attached hydrogens (primary N) is 1. The molecule has 114 valence electrons. The van der Waals surface area contributed by atoms with E-state index in [-0.39, 0.29) is 13.0 Å². The highest BCUT2D eigenvalue weighted by molar-refractivity contribution is 7.84. The van der Waals surface area contributed by atoms with Crippen LogP contribution in [-0.2, 0) is 32.9 Å². The molecule has 1 aromatic rings. The van der Waals surface area contributed by atoms with Gasteiger partial charge in [0.2, 0.25) is 5.91 Å². The molecule has 1 aliphatic rings. The molecule has 1 aliphatic heterocycles. The van der Waals surface area contributed by atoms with Gasteiger partial charge in [0.05, 0.1) is 13.0 Å². The van der Waals surface area contributed by atoms with Gasteiger partial charge >= 0.3 is 10.3 Å². The number of carbonyl (C=O) groups is 2. The largest absolute Gasteiger partial charge is 0.362 e. The van der Waals surface area contributed by atoms with Crippen molar-refractivity contribution in [2.24, 2.45) is 5.73 Å². The van der Waals surface area contributed by atoms with Crippen molar-refractivity contribution >= 4 is 22.1 Å². The van der Waals surface area contributed by atoms with E-state index < -0.39 is 28.2 Å². The molecule has 1 unspecified atom stereocenters. The molecule has 0 aromatic heterocycles. The highest BCUT2D eigenvalue weighted by Crippen LogP contribution is 2.15. The second kappa shape index (κ2) is 5.80. The maximum Gasteiger partial charge on any atom is 0.362 e. The van der Waals surface area contributed by atoms with E-state index in [0.717, 1.165) is 11.1 Å². The van der Waals surface area contributed by atoms with Gasteiger partial charge in [-0.2, -0.15) is 8.42 Å². The van der Waals surface area contributed by atoms with Crippen molar-refractivity contribution < 1.29 is 22.6 Å². The number of benzene rings is 1. The van der Waals surface area contributed by atoms with Gasteiger partial charge in [0.15, 0.2) is 0 Å². The number of rotatable bonds is 5. The van der Waals surface area contributed by atoms with Crippen LogP contribution in [0.4, 0.5) is 0 Å². The van der Waals surface area contributed by atoms with E-state index in [0.29, 0.717) is 10.8 Å². The molecule has 0 saturated carbocycles. The summed E-state index contributed by atoms with van der Waals surface area (Å²) in [6.45, 7) is 0.0320. The zero-order chi connectivity index (χ0) is 15.6. The Hall–Kier alpha value is -1.97. The van der Waals surface area contributed by atoms with Gasteiger partial charge in [-0.25, -0.2) is 4.31 Å². The lowest BCUT2D eigenvalue weighted by Gasteiger charge is -2.35. The van der Waals surface area contributed by atoms with E-state index in [1.54, 1.807) is 18.2 Å². The molecule has 4 N–H and O–H groups in total. The molecule has 1 heterocycles. The van der Waals surface area contributed by atoms with Crippen molar-refractivity contribution in [3.05, 3.63) is 35.4 Å². The number of amides is 2. The predicted molar refractivity (Wildman–Crippen MR) is 73.2 cm³/mol. The fourth-order valence-corrected chi connectivity index (χ4v) is 2.75. The summed E-state index contributed by atoms with van der Waals surface area (Å²) >= 11 is 0. The van der Waals surface area contributed by atoms with Gasteiger partial charge in [-0.15, -0.1) is 0 Å². The summed E-state index contributed by atoms with van der Waals surface area (Å²) in [5.41, 5.74) is 7.14. The Kier molecular flexibility index (Phi) is 4.26. The number of carbonyl (C=O) groups excluding carboxylic acids is 2. The van der Waals surface area contributed by atoms with Crippen LogP contribution in [0.1, 0.15) is 11.1 Å². The molecule has 8 nitrogen and oxygen atoms in total. The summed E-state index contributed by atoms with van der Waals surface area (Å²) < 4.78 is 30.5. The quantitative estimate of drug-likeness (QED) is 0.463. The highest BCUT2D eigenvalue weighted by atomic mass is 32.2. The van der Waals surface area contributed by atoms with Crippen LogP contribution in [-0.4, -0.2) is 41.7 Å². The first kappa shape index (κ1) is 15.4. The van der Waals surface area contributed by atoms with E-state index in [9.17, 15) is 18.0 Å². The molecule has 1 atom stereocenters. The molecule has 0 bridgehead atoms. The summed E-state index contributed by atoms with van der Waals surface area (Å²) in [7, 11) is -4.54. The third kappa shape index (κ3) is 3.38. The van der Waals surface area contributed by atoms with Crippen LogP contribution in [0, 0.1) is 0 Å². The van der Waals surface area contributed by atoms with Gasteiger partial charge in [0.1, 0.15) is 6.04 Å². The van der Waals surface area contributed by atoms with Crippen molar-refractivity contribution in [2.45, 2.75) is 19.0 Å². The summed E-state index contributed by atoms with van der Waals surface area (Å²) in [6.07, 6.45) is 0.0447. The minimum absolute atomic E-state index is 0.0447.